The molecule has 1 N–H and O–H groups in total. The highest BCUT2D eigenvalue weighted by atomic mass is 32.2. The number of nitrogens with zero attached hydrogens (tertiary/aromatic N) is 5. The standard InChI is InChI=1S/C25H25FN6O3S/c1-2-22(17-7-8-28-24(13-17)31-9-11-36(34,35)12-10-31)30-25(33)21-14-27-16-23-20(21)15-29-32(23)19-5-3-18(26)4-6-19/h3-8,13-16,22H,2,9-12H2,1H3,(H,30,33). The number of carbonyl (C=O) groups is 1. The largest absolute Gasteiger partial charge is 0.355 e. The number of anilines is 1. The summed E-state index contributed by atoms with van der Waals surface area (Å²) in [5.74, 6) is 0.273. The molecule has 11 heteroatoms. The van der Waals surface area contributed by atoms with Crippen molar-refractivity contribution in [3.05, 3.63) is 78.1 Å². The van der Waals surface area contributed by atoms with Gasteiger partial charge in [-0.1, -0.05) is 6.92 Å². The Balaban J connectivity index is 1.38. The van der Waals surface area contributed by atoms with Crippen LogP contribution < -0.4 is 10.2 Å². The molecule has 1 saturated heterocycles. The van der Waals surface area contributed by atoms with E-state index >= 15 is 0 Å². The summed E-state index contributed by atoms with van der Waals surface area (Å²) < 4.78 is 38.5. The highest BCUT2D eigenvalue weighted by Crippen LogP contribution is 2.25. The van der Waals surface area contributed by atoms with Gasteiger partial charge in [-0.05, 0) is 48.4 Å². The Hall–Kier alpha value is -3.86. The summed E-state index contributed by atoms with van der Waals surface area (Å²) >= 11 is 0. The van der Waals surface area contributed by atoms with Crippen LogP contribution in [-0.4, -0.2) is 58.7 Å². The van der Waals surface area contributed by atoms with Crippen molar-refractivity contribution < 1.29 is 17.6 Å². The molecule has 36 heavy (non-hydrogen) atoms. The van der Waals surface area contributed by atoms with E-state index in [4.69, 9.17) is 0 Å². The van der Waals surface area contributed by atoms with Crippen LogP contribution in [0.3, 0.4) is 0 Å². The normalized spacial score (nSPS) is 16.1. The molecule has 0 aliphatic carbocycles. The van der Waals surface area contributed by atoms with Crippen LogP contribution in [0.2, 0.25) is 0 Å². The van der Waals surface area contributed by atoms with Gasteiger partial charge in [0.1, 0.15) is 11.6 Å². The van der Waals surface area contributed by atoms with E-state index in [2.05, 4.69) is 20.4 Å². The van der Waals surface area contributed by atoms with Gasteiger partial charge in [-0.15, -0.1) is 0 Å². The van der Waals surface area contributed by atoms with E-state index in [1.807, 2.05) is 24.0 Å². The Morgan fingerprint density at radius 2 is 1.86 bits per heavy atom. The van der Waals surface area contributed by atoms with Crippen molar-refractivity contribution in [1.82, 2.24) is 25.1 Å². The summed E-state index contributed by atoms with van der Waals surface area (Å²) in [6.07, 6.45) is 7.05. The number of carbonyl (C=O) groups excluding carboxylic acids is 1. The first kappa shape index (κ1) is 23.9. The maximum atomic E-state index is 13.3. The number of benzene rings is 1. The van der Waals surface area contributed by atoms with Crippen molar-refractivity contribution in [2.75, 3.05) is 29.5 Å². The highest BCUT2D eigenvalue weighted by molar-refractivity contribution is 7.91. The second kappa shape index (κ2) is 9.65. The lowest BCUT2D eigenvalue weighted by Gasteiger charge is -2.28. The van der Waals surface area contributed by atoms with Crippen molar-refractivity contribution in [2.45, 2.75) is 19.4 Å². The fraction of sp³-hybridized carbons (Fsp3) is 0.280. The molecule has 0 spiro atoms. The molecule has 1 atom stereocenters. The minimum absolute atomic E-state index is 0.107. The van der Waals surface area contributed by atoms with E-state index in [1.54, 1.807) is 35.4 Å². The number of aromatic nitrogens is 4. The maximum Gasteiger partial charge on any atom is 0.254 e. The third kappa shape index (κ3) is 4.78. The average Bonchev–Trinajstić information content (AvgIpc) is 3.32. The molecule has 1 amide bonds. The number of nitrogens with one attached hydrogen (secondary N) is 1. The van der Waals surface area contributed by atoms with Gasteiger partial charge in [0, 0.05) is 30.9 Å². The predicted octanol–water partition coefficient (Wildman–Crippen LogP) is 3.07. The van der Waals surface area contributed by atoms with Crippen LogP contribution in [0.25, 0.3) is 16.6 Å². The Morgan fingerprint density at radius 1 is 1.11 bits per heavy atom. The van der Waals surface area contributed by atoms with Gasteiger partial charge in [0.15, 0.2) is 9.84 Å². The Labute approximate surface area is 207 Å². The van der Waals surface area contributed by atoms with Gasteiger partial charge in [-0.3, -0.25) is 9.78 Å². The number of pyridine rings is 2. The molecule has 0 bridgehead atoms. The van der Waals surface area contributed by atoms with Crippen LogP contribution in [0, 0.1) is 5.82 Å². The predicted molar refractivity (Wildman–Crippen MR) is 134 cm³/mol. The second-order valence-electron chi connectivity index (χ2n) is 8.67. The van der Waals surface area contributed by atoms with Crippen LogP contribution in [-0.2, 0) is 9.84 Å². The van der Waals surface area contributed by atoms with Crippen molar-refractivity contribution in [1.29, 1.82) is 0 Å². The number of hydrogen-bond donors (Lipinski definition) is 1. The summed E-state index contributed by atoms with van der Waals surface area (Å²) in [5.41, 5.74) is 2.56. The molecule has 5 rings (SSSR count). The third-order valence-electron chi connectivity index (χ3n) is 6.37. The van der Waals surface area contributed by atoms with Crippen molar-refractivity contribution in [3.63, 3.8) is 0 Å². The zero-order valence-corrected chi connectivity index (χ0v) is 20.4. The third-order valence-corrected chi connectivity index (χ3v) is 7.98. The summed E-state index contributed by atoms with van der Waals surface area (Å²) in [5, 5.41) is 8.10. The van der Waals surface area contributed by atoms with E-state index < -0.39 is 9.84 Å². The van der Waals surface area contributed by atoms with E-state index in [0.29, 0.717) is 47.5 Å². The van der Waals surface area contributed by atoms with Gasteiger partial charge in [0.05, 0.1) is 46.7 Å². The van der Waals surface area contributed by atoms with Crippen LogP contribution >= 0.6 is 0 Å². The lowest BCUT2D eigenvalue weighted by molar-refractivity contribution is 0.0937. The summed E-state index contributed by atoms with van der Waals surface area (Å²) in [7, 11) is -2.99. The fourth-order valence-electron chi connectivity index (χ4n) is 4.33. The van der Waals surface area contributed by atoms with Gasteiger partial charge in [0.2, 0.25) is 0 Å². The van der Waals surface area contributed by atoms with E-state index in [9.17, 15) is 17.6 Å². The molecule has 4 heterocycles. The number of halogens is 1. The Bertz CT molecular complexity index is 1510. The second-order valence-corrected chi connectivity index (χ2v) is 11.0. The van der Waals surface area contributed by atoms with E-state index in [1.165, 1.54) is 18.3 Å². The number of fused-ring (bicyclic) bond motifs is 1. The molecule has 1 aliphatic heterocycles. The Kier molecular flexibility index (Phi) is 6.40. The molecular weight excluding hydrogens is 483 g/mol. The number of hydrogen-bond acceptors (Lipinski definition) is 7. The van der Waals surface area contributed by atoms with E-state index in [0.717, 1.165) is 5.56 Å². The maximum absolute atomic E-state index is 13.3. The van der Waals surface area contributed by atoms with E-state index in [-0.39, 0.29) is 29.3 Å². The topological polar surface area (TPSA) is 110 Å². The van der Waals surface area contributed by atoms with Gasteiger partial charge >= 0.3 is 0 Å². The molecule has 3 aromatic heterocycles. The molecule has 9 nitrogen and oxygen atoms in total. The number of amides is 1. The zero-order valence-electron chi connectivity index (χ0n) is 19.6. The minimum atomic E-state index is -2.99. The van der Waals surface area contributed by atoms with Crippen LogP contribution in [0.5, 0.6) is 0 Å². The SMILES string of the molecule is CCC(NC(=O)c1cncc2c1cnn2-c1ccc(F)cc1)c1ccnc(N2CCS(=O)(=O)CC2)c1. The first-order chi connectivity index (χ1) is 17.3. The van der Waals surface area contributed by atoms with Crippen LogP contribution in [0.1, 0.15) is 35.3 Å². The molecule has 1 aromatic carbocycles. The molecule has 1 fully saturated rings. The van der Waals surface area contributed by atoms with Gasteiger partial charge in [-0.2, -0.15) is 5.10 Å². The molecular formula is C25H25FN6O3S. The molecule has 1 aliphatic rings. The van der Waals surface area contributed by atoms with Crippen molar-refractivity contribution in [3.8, 4) is 5.69 Å². The lowest BCUT2D eigenvalue weighted by atomic mass is 10.0. The first-order valence-corrected chi connectivity index (χ1v) is 13.5. The number of sulfone groups is 1. The van der Waals surface area contributed by atoms with Crippen molar-refractivity contribution in [2.24, 2.45) is 0 Å². The van der Waals surface area contributed by atoms with Gasteiger partial charge in [0.25, 0.3) is 5.91 Å². The molecule has 4 aromatic rings. The van der Waals surface area contributed by atoms with Crippen molar-refractivity contribution >= 4 is 32.5 Å². The zero-order chi connectivity index (χ0) is 25.3. The summed E-state index contributed by atoms with van der Waals surface area (Å²) in [4.78, 5) is 23.9. The molecule has 1 unspecified atom stereocenters. The summed E-state index contributed by atoms with van der Waals surface area (Å²) in [6, 6.07) is 9.40. The lowest BCUT2D eigenvalue weighted by Crippen LogP contribution is -2.40. The molecule has 186 valence electrons. The average molecular weight is 509 g/mol. The van der Waals surface area contributed by atoms with Gasteiger partial charge in [-0.25, -0.2) is 22.5 Å². The summed E-state index contributed by atoms with van der Waals surface area (Å²) in [6.45, 7) is 2.77. The van der Waals surface area contributed by atoms with Crippen LogP contribution in [0.4, 0.5) is 10.2 Å². The first-order valence-electron chi connectivity index (χ1n) is 11.6. The van der Waals surface area contributed by atoms with Gasteiger partial charge < -0.3 is 10.2 Å². The molecule has 0 radical (unpaired) electrons. The molecule has 0 saturated carbocycles. The minimum Gasteiger partial charge on any atom is -0.355 e. The highest BCUT2D eigenvalue weighted by Gasteiger charge is 2.24. The van der Waals surface area contributed by atoms with Crippen LogP contribution in [0.15, 0.2) is 61.2 Å². The number of rotatable bonds is 6. The Morgan fingerprint density at radius 3 is 2.58 bits per heavy atom. The monoisotopic (exact) mass is 508 g/mol. The fourth-order valence-corrected chi connectivity index (χ4v) is 5.53. The smallest absolute Gasteiger partial charge is 0.254 e. The quantitative estimate of drug-likeness (QED) is 0.426.